The minimum Gasteiger partial charge on any atom is -0.389 e. The smallest absolute Gasteiger partial charge is 0.280 e. The molecule has 0 bridgehead atoms. The molecule has 139 heavy (non-hydrogen) atoms. The molecule has 5 atom stereocenters. The first-order valence-electron chi connectivity index (χ1n) is 47.6. The number of thiazole rings is 4. The summed E-state index contributed by atoms with van der Waals surface area (Å²) in [5.41, 5.74) is 2.29. The predicted molar refractivity (Wildman–Crippen MR) is 537 cm³/mol. The van der Waals surface area contributed by atoms with Crippen LogP contribution in [0.1, 0.15) is 313 Å². The van der Waals surface area contributed by atoms with Crippen molar-refractivity contribution in [3.63, 3.8) is 0 Å². The lowest BCUT2D eigenvalue weighted by molar-refractivity contribution is 0.0115. The molecule has 6 fully saturated rings. The predicted octanol–water partition coefficient (Wildman–Crippen LogP) is 16.3. The average molecular weight is 2000 g/mol. The highest BCUT2D eigenvalue weighted by atomic mass is 32.1. The van der Waals surface area contributed by atoms with Crippen LogP contribution in [0, 0.1) is 39.5 Å². The quantitative estimate of drug-likeness (QED) is 0.0180. The Hall–Kier alpha value is -10.4. The summed E-state index contributed by atoms with van der Waals surface area (Å²) in [6.07, 6.45) is 15.5. The van der Waals surface area contributed by atoms with Gasteiger partial charge in [0.25, 0.3) is 59.1 Å². The number of aromatic nitrogens is 8. The van der Waals surface area contributed by atoms with E-state index in [0.29, 0.717) is 78.9 Å². The molecule has 8 aromatic rings. The number of nitrogens with one attached hydrogen (secondary N) is 8. The van der Waals surface area contributed by atoms with Crippen LogP contribution in [0.5, 0.6) is 0 Å². The first-order valence-corrected chi connectivity index (χ1v) is 50.9. The SMILES string of the molecule is CC[C@@H](C)Nc1cc(C)c(-c2sc(C(=O)NCC(C)(C)O)nc2C(=O)N2CCC[C@@H]2C)cn1.Cc1cc(NC(C)(C)C2CC2)ncc1-c1sc(C(=O)NCC(C)(C)O)nc1C(=O)N1CC(F)(F)C[C@@H]1C.Cc1cc(NC(C)(C)C2CC2)ncc1-c1sc(C(=O)NCC(C)(C)O)nc1C(=O)N1CCC[C@@H]1C.Cc1cc(NC(C)C)ncc1-c1sc(C(=O)NCC(C)(C)O)nc1C(=O)N1CC(F)(F)C[C@@H]1C. The number of alkyl halides is 4. The van der Waals surface area contributed by atoms with E-state index in [1.54, 1.807) is 94.0 Å². The second-order valence-electron chi connectivity index (χ2n) is 42.0. The Balaban J connectivity index is 0.000000178. The van der Waals surface area contributed by atoms with Crippen molar-refractivity contribution in [2.45, 2.75) is 318 Å². The number of carbonyl (C=O) groups excluding carboxylic acids is 8. The van der Waals surface area contributed by atoms with E-state index < -0.39 is 108 Å². The van der Waals surface area contributed by atoms with Crippen molar-refractivity contribution in [1.29, 1.82) is 0 Å². The van der Waals surface area contributed by atoms with E-state index >= 15 is 0 Å². The number of pyridine rings is 4. The van der Waals surface area contributed by atoms with E-state index in [1.165, 1.54) is 48.4 Å². The summed E-state index contributed by atoms with van der Waals surface area (Å²) in [5.74, 6) is -5.29. The normalized spacial score (nSPS) is 18.4. The Bertz CT molecular complexity index is 5800. The van der Waals surface area contributed by atoms with Gasteiger partial charge in [0, 0.05) is 146 Å². The summed E-state index contributed by atoms with van der Waals surface area (Å²) in [6, 6.07) is 7.08. The molecule has 6 aliphatic rings. The first-order chi connectivity index (χ1) is 64.6. The zero-order valence-electron chi connectivity index (χ0n) is 84.2. The van der Waals surface area contributed by atoms with E-state index in [1.807, 2.05) is 89.5 Å². The molecular formula is C99H138F4N20O12S4. The minimum absolute atomic E-state index is 0.00462. The van der Waals surface area contributed by atoms with E-state index in [4.69, 9.17) is 0 Å². The zero-order valence-corrected chi connectivity index (χ0v) is 87.5. The van der Waals surface area contributed by atoms with Crippen molar-refractivity contribution in [3.05, 3.63) is 114 Å². The van der Waals surface area contributed by atoms with Crippen molar-refractivity contribution in [2.24, 2.45) is 11.8 Å². The summed E-state index contributed by atoms with van der Waals surface area (Å²) in [4.78, 5) is 149. The van der Waals surface area contributed by atoms with E-state index in [0.717, 1.165) is 110 Å². The lowest BCUT2D eigenvalue weighted by Gasteiger charge is -2.27. The van der Waals surface area contributed by atoms with Crippen LogP contribution in [0.2, 0.25) is 0 Å². The molecule has 2 saturated carbocycles. The molecule has 8 amide bonds. The Morgan fingerprint density at radius 3 is 0.885 bits per heavy atom. The Morgan fingerprint density at radius 2 is 0.662 bits per heavy atom. The van der Waals surface area contributed by atoms with Gasteiger partial charge >= 0.3 is 0 Å². The van der Waals surface area contributed by atoms with Gasteiger partial charge in [-0.2, -0.15) is 0 Å². The number of rotatable bonds is 31. The summed E-state index contributed by atoms with van der Waals surface area (Å²) in [7, 11) is 0. The van der Waals surface area contributed by atoms with E-state index in [9.17, 15) is 76.3 Å². The Morgan fingerprint density at radius 1 is 0.403 bits per heavy atom. The molecule has 8 aromatic heterocycles. The number of anilines is 4. The molecule has 0 spiro atoms. The van der Waals surface area contributed by atoms with Crippen LogP contribution in [-0.2, 0) is 0 Å². The molecule has 0 unspecified atom stereocenters. The van der Waals surface area contributed by atoms with Gasteiger partial charge in [0.1, 0.15) is 46.0 Å². The zero-order chi connectivity index (χ0) is 103. The lowest BCUT2D eigenvalue weighted by atomic mass is 9.98. The summed E-state index contributed by atoms with van der Waals surface area (Å²) >= 11 is 4.38. The lowest BCUT2D eigenvalue weighted by Crippen LogP contribution is -2.38. The average Bonchev–Trinajstić information content (AvgIpc) is 1.64. The number of likely N-dealkylation sites (tertiary alicyclic amines) is 4. The van der Waals surface area contributed by atoms with Gasteiger partial charge in [-0.3, -0.25) is 38.4 Å². The highest BCUT2D eigenvalue weighted by molar-refractivity contribution is 7.18. The standard InChI is InChI=1S/C26H35F2N5O3S.C26H37N5O3S.C24H35N5O3S.C23H31F2N5O3S/c1-14-9-18(32-25(5,6)16-7-8-16)29-11-17(14)20-19(23(35)33-13-26(27,28)10-15(33)2)31-22(37-20)21(34)30-12-24(3,4)36;1-15-12-19(30-26(5,6)17-9-10-17)27-13-18(15)21-20(24(33)31-11-7-8-16(31)2)29-23(35-21)22(32)28-14-25(3,4)34;1-7-15(3)27-18-11-14(2)17(12-25-18)20-19(23(31)29-10-8-9-16(29)4)28-22(33-20)21(30)26-13-24(5,6)32;1-12(2)28-16-7-13(3)15(9-26-16)18-17(21(32)30-11-23(24,25)8-14(30)4)29-20(34-18)19(31)27-10-22(5,6)33/h9,11,15-16,36H,7-8,10,12-13H2,1-6H3,(H,29,32)(H,30,34);12-13,16-17,34H,7-11,14H2,1-6H3,(H,27,30)(H,28,32);11-12,15-16,32H,7-10,13H2,1-6H3,(H,25,27)(H,26,30);7,9,12,14,33H,8,10-11H2,1-6H3,(H,26,28)(H,27,31)/t15-;16-;15-,16+;14-/m0010/s1. The largest absolute Gasteiger partial charge is 0.389 e. The van der Waals surface area contributed by atoms with Crippen molar-refractivity contribution < 1.29 is 76.3 Å². The first kappa shape index (κ1) is 109. The second-order valence-corrected chi connectivity index (χ2v) is 46.0. The number of nitrogens with zero attached hydrogens (tertiary/aromatic N) is 12. The monoisotopic (exact) mass is 2000 g/mol. The van der Waals surface area contributed by atoms with Gasteiger partial charge in [-0.25, -0.2) is 57.4 Å². The molecule has 2 aliphatic carbocycles. The number of hydrogen-bond donors (Lipinski definition) is 12. The number of aryl methyl sites for hydroxylation is 4. The van der Waals surface area contributed by atoms with Crippen LogP contribution in [0.3, 0.4) is 0 Å². The number of halogens is 4. The van der Waals surface area contributed by atoms with Crippen LogP contribution in [0.4, 0.5) is 40.8 Å². The fourth-order valence-corrected chi connectivity index (χ4v) is 20.8. The molecular weight excluding hydrogens is 1870 g/mol. The molecule has 4 aliphatic heterocycles. The van der Waals surface area contributed by atoms with Crippen molar-refractivity contribution >= 4 is 116 Å². The van der Waals surface area contributed by atoms with Crippen molar-refractivity contribution in [1.82, 2.24) is 80.7 Å². The van der Waals surface area contributed by atoms with Gasteiger partial charge in [0.2, 0.25) is 0 Å². The molecule has 0 radical (unpaired) electrons. The topological polar surface area (TPSA) is 430 Å². The molecule has 14 rings (SSSR count). The molecule has 12 heterocycles. The fraction of sp³-hybridized carbons (Fsp3) is 0.596. The molecule has 40 heteroatoms. The minimum atomic E-state index is -2.97. The summed E-state index contributed by atoms with van der Waals surface area (Å²) in [6.45, 7) is 44.6. The maximum absolute atomic E-state index is 14.1. The van der Waals surface area contributed by atoms with Gasteiger partial charge in [-0.15, -0.1) is 45.3 Å². The molecule has 4 saturated heterocycles. The third-order valence-electron chi connectivity index (χ3n) is 25.0. The summed E-state index contributed by atoms with van der Waals surface area (Å²) in [5, 5.41) is 64.5. The highest BCUT2D eigenvalue weighted by Gasteiger charge is 2.49. The second kappa shape index (κ2) is 43.6. The van der Waals surface area contributed by atoms with Crippen LogP contribution in [0.25, 0.3) is 41.8 Å². The molecule has 0 aromatic carbocycles. The van der Waals surface area contributed by atoms with Gasteiger partial charge in [0.05, 0.1) is 55.0 Å². The Kier molecular flexibility index (Phi) is 34.2. The highest BCUT2D eigenvalue weighted by Crippen LogP contribution is 2.46. The van der Waals surface area contributed by atoms with Crippen molar-refractivity contribution in [3.8, 4) is 41.8 Å². The third kappa shape index (κ3) is 29.0. The van der Waals surface area contributed by atoms with Crippen LogP contribution in [-0.4, -0.2) is 261 Å². The summed E-state index contributed by atoms with van der Waals surface area (Å²) < 4.78 is 56.1. The van der Waals surface area contributed by atoms with Crippen LogP contribution in [0.15, 0.2) is 49.1 Å². The fourth-order valence-electron chi connectivity index (χ4n) is 16.6. The Labute approximate surface area is 827 Å². The third-order valence-corrected chi connectivity index (χ3v) is 29.3. The van der Waals surface area contributed by atoms with Crippen molar-refractivity contribution in [2.75, 3.05) is 73.6 Å². The number of amides is 8. The number of carbonyl (C=O) groups is 8. The van der Waals surface area contributed by atoms with Gasteiger partial charge in [0.15, 0.2) is 20.0 Å². The van der Waals surface area contributed by atoms with Gasteiger partial charge in [-0.05, 0) is 275 Å². The molecule has 12 N–H and O–H groups in total. The van der Waals surface area contributed by atoms with Gasteiger partial charge in [-0.1, -0.05) is 6.92 Å². The number of hydrogen-bond acceptors (Lipinski definition) is 28. The van der Waals surface area contributed by atoms with Gasteiger partial charge < -0.3 is 82.6 Å². The van der Waals surface area contributed by atoms with E-state index in [2.05, 4.69) is 124 Å². The van der Waals surface area contributed by atoms with E-state index in [-0.39, 0.29) is 104 Å². The van der Waals surface area contributed by atoms with Crippen LogP contribution < -0.4 is 42.5 Å². The molecule has 758 valence electrons. The number of aliphatic hydroxyl groups is 4. The maximum atomic E-state index is 14.1. The maximum Gasteiger partial charge on any atom is 0.280 e. The van der Waals surface area contributed by atoms with Crippen LogP contribution >= 0.6 is 45.3 Å². The molecule has 32 nitrogen and oxygen atoms in total.